The number of hydrogen-bond acceptors (Lipinski definition) is 4. The van der Waals surface area contributed by atoms with E-state index in [2.05, 4.69) is 5.32 Å². The zero-order valence-electron chi connectivity index (χ0n) is 12.3. The van der Waals surface area contributed by atoms with E-state index in [0.717, 1.165) is 5.56 Å². The number of carbonyl (C=O) groups is 1. The van der Waals surface area contributed by atoms with Crippen LogP contribution in [0.4, 0.5) is 11.4 Å². The molecule has 0 saturated carbocycles. The Morgan fingerprint density at radius 1 is 1.05 bits per heavy atom. The average molecular weight is 286 g/mol. The molecule has 0 aliphatic heterocycles. The first-order valence-corrected chi connectivity index (χ1v) is 6.44. The fraction of sp³-hybridized carbons (Fsp3) is 0.188. The zero-order chi connectivity index (χ0) is 15.4. The Hall–Kier alpha value is -2.69. The van der Waals surface area contributed by atoms with Crippen LogP contribution in [0.5, 0.6) is 11.5 Å². The van der Waals surface area contributed by atoms with Gasteiger partial charge in [0.05, 0.1) is 14.2 Å². The van der Waals surface area contributed by atoms with Gasteiger partial charge in [-0.2, -0.15) is 0 Å². The summed E-state index contributed by atoms with van der Waals surface area (Å²) >= 11 is 0. The highest BCUT2D eigenvalue weighted by molar-refractivity contribution is 6.05. The summed E-state index contributed by atoms with van der Waals surface area (Å²) in [5, 5.41) is 2.84. The van der Waals surface area contributed by atoms with Crippen LogP contribution in [0, 0.1) is 6.92 Å². The summed E-state index contributed by atoms with van der Waals surface area (Å²) in [6, 6.07) is 10.4. The van der Waals surface area contributed by atoms with Gasteiger partial charge in [-0.15, -0.1) is 0 Å². The minimum atomic E-state index is -0.249. The van der Waals surface area contributed by atoms with Gasteiger partial charge < -0.3 is 20.5 Å². The third-order valence-corrected chi connectivity index (χ3v) is 3.12. The molecule has 0 unspecified atom stereocenters. The van der Waals surface area contributed by atoms with Crippen LogP contribution in [0.15, 0.2) is 36.4 Å². The van der Waals surface area contributed by atoms with E-state index in [1.807, 2.05) is 13.0 Å². The predicted octanol–water partition coefficient (Wildman–Crippen LogP) is 2.85. The second kappa shape index (κ2) is 6.17. The Kier molecular flexibility index (Phi) is 4.33. The van der Waals surface area contributed by atoms with Crippen molar-refractivity contribution in [2.24, 2.45) is 0 Å². The highest BCUT2D eigenvalue weighted by Crippen LogP contribution is 2.24. The molecule has 0 aromatic heterocycles. The largest absolute Gasteiger partial charge is 0.497 e. The van der Waals surface area contributed by atoms with Gasteiger partial charge in [0.25, 0.3) is 5.91 Å². The Morgan fingerprint density at radius 2 is 1.67 bits per heavy atom. The third kappa shape index (κ3) is 3.45. The van der Waals surface area contributed by atoms with E-state index in [1.165, 1.54) is 0 Å². The number of hydrogen-bond donors (Lipinski definition) is 2. The molecule has 3 N–H and O–H groups in total. The van der Waals surface area contributed by atoms with Gasteiger partial charge in [-0.25, -0.2) is 0 Å². The molecular weight excluding hydrogens is 268 g/mol. The lowest BCUT2D eigenvalue weighted by molar-refractivity contribution is 0.102. The minimum absolute atomic E-state index is 0.249. The lowest BCUT2D eigenvalue weighted by Crippen LogP contribution is -2.13. The summed E-state index contributed by atoms with van der Waals surface area (Å²) in [7, 11) is 3.08. The fourth-order valence-electron chi connectivity index (χ4n) is 1.91. The van der Waals surface area contributed by atoms with Crippen LogP contribution in [0.3, 0.4) is 0 Å². The van der Waals surface area contributed by atoms with Crippen LogP contribution in [0.25, 0.3) is 0 Å². The first-order valence-electron chi connectivity index (χ1n) is 6.44. The van der Waals surface area contributed by atoms with Gasteiger partial charge in [0.15, 0.2) is 0 Å². The monoisotopic (exact) mass is 286 g/mol. The second-order valence-electron chi connectivity index (χ2n) is 4.63. The van der Waals surface area contributed by atoms with Crippen molar-refractivity contribution >= 4 is 17.3 Å². The minimum Gasteiger partial charge on any atom is -0.497 e. The molecule has 2 aromatic rings. The summed E-state index contributed by atoms with van der Waals surface area (Å²) < 4.78 is 10.3. The fourth-order valence-corrected chi connectivity index (χ4v) is 1.91. The summed E-state index contributed by atoms with van der Waals surface area (Å²) in [6.45, 7) is 1.90. The standard InChI is InChI=1S/C16H18N2O3/c1-10-4-5-12(17)8-15(10)18-16(19)11-6-13(20-2)9-14(7-11)21-3/h4-9H,17H2,1-3H3,(H,18,19). The number of nitrogen functional groups attached to an aromatic ring is 1. The van der Waals surface area contributed by atoms with Crippen molar-refractivity contribution in [2.75, 3.05) is 25.3 Å². The van der Waals surface area contributed by atoms with Gasteiger partial charge >= 0.3 is 0 Å². The van der Waals surface area contributed by atoms with E-state index in [9.17, 15) is 4.79 Å². The van der Waals surface area contributed by atoms with Crippen LogP contribution in [-0.4, -0.2) is 20.1 Å². The lowest BCUT2D eigenvalue weighted by atomic mass is 10.1. The maximum Gasteiger partial charge on any atom is 0.255 e. The molecule has 0 saturated heterocycles. The smallest absolute Gasteiger partial charge is 0.255 e. The summed E-state index contributed by atoms with van der Waals surface area (Å²) in [6.07, 6.45) is 0. The van der Waals surface area contributed by atoms with Crippen LogP contribution in [0.2, 0.25) is 0 Å². The number of carbonyl (C=O) groups excluding carboxylic acids is 1. The highest BCUT2D eigenvalue weighted by Gasteiger charge is 2.11. The van der Waals surface area contributed by atoms with E-state index in [-0.39, 0.29) is 5.91 Å². The molecule has 0 bridgehead atoms. The summed E-state index contributed by atoms with van der Waals surface area (Å²) in [5.41, 5.74) is 8.41. The van der Waals surface area contributed by atoms with Crippen molar-refractivity contribution < 1.29 is 14.3 Å². The van der Waals surface area contributed by atoms with Crippen LogP contribution in [0.1, 0.15) is 15.9 Å². The van der Waals surface area contributed by atoms with Crippen molar-refractivity contribution in [1.29, 1.82) is 0 Å². The molecule has 0 fully saturated rings. The Morgan fingerprint density at radius 3 is 2.24 bits per heavy atom. The molecule has 1 amide bonds. The Labute approximate surface area is 123 Å². The van der Waals surface area contributed by atoms with Crippen molar-refractivity contribution in [3.63, 3.8) is 0 Å². The van der Waals surface area contributed by atoms with Crippen molar-refractivity contribution in [2.45, 2.75) is 6.92 Å². The molecular formula is C16H18N2O3. The maximum absolute atomic E-state index is 12.4. The molecule has 0 radical (unpaired) electrons. The van der Waals surface area contributed by atoms with Crippen LogP contribution in [-0.2, 0) is 0 Å². The molecule has 0 spiro atoms. The number of benzene rings is 2. The van der Waals surface area contributed by atoms with E-state index in [4.69, 9.17) is 15.2 Å². The predicted molar refractivity (Wildman–Crippen MR) is 83.1 cm³/mol. The van der Waals surface area contributed by atoms with Crippen molar-refractivity contribution in [3.05, 3.63) is 47.5 Å². The maximum atomic E-state index is 12.4. The number of aryl methyl sites for hydroxylation is 1. The second-order valence-corrected chi connectivity index (χ2v) is 4.63. The molecule has 0 aliphatic rings. The molecule has 2 aromatic carbocycles. The van der Waals surface area contributed by atoms with Gasteiger partial charge in [-0.1, -0.05) is 6.07 Å². The zero-order valence-corrected chi connectivity index (χ0v) is 12.3. The van der Waals surface area contributed by atoms with E-state index >= 15 is 0 Å². The van der Waals surface area contributed by atoms with Crippen molar-refractivity contribution in [3.8, 4) is 11.5 Å². The SMILES string of the molecule is COc1cc(OC)cc(C(=O)Nc2cc(N)ccc2C)c1. The van der Waals surface area contributed by atoms with Gasteiger partial charge in [-0.3, -0.25) is 4.79 Å². The van der Waals surface area contributed by atoms with Gasteiger partial charge in [0.2, 0.25) is 0 Å². The van der Waals surface area contributed by atoms with E-state index in [1.54, 1.807) is 44.6 Å². The first-order chi connectivity index (χ1) is 10.0. The first kappa shape index (κ1) is 14.7. The number of methoxy groups -OCH3 is 2. The Bertz CT molecular complexity index is 646. The van der Waals surface area contributed by atoms with Gasteiger partial charge in [0.1, 0.15) is 11.5 Å². The van der Waals surface area contributed by atoms with E-state index < -0.39 is 0 Å². The van der Waals surface area contributed by atoms with Crippen LogP contribution >= 0.6 is 0 Å². The molecule has 5 heteroatoms. The topological polar surface area (TPSA) is 73.6 Å². The van der Waals surface area contributed by atoms with Crippen LogP contribution < -0.4 is 20.5 Å². The van der Waals surface area contributed by atoms with Gasteiger partial charge in [0, 0.05) is 23.0 Å². The number of anilines is 2. The number of nitrogens with two attached hydrogens (primary N) is 1. The van der Waals surface area contributed by atoms with Gasteiger partial charge in [-0.05, 0) is 36.8 Å². The Balaban J connectivity index is 2.29. The lowest BCUT2D eigenvalue weighted by Gasteiger charge is -2.11. The quantitative estimate of drug-likeness (QED) is 0.848. The molecule has 5 nitrogen and oxygen atoms in total. The summed E-state index contributed by atoms with van der Waals surface area (Å²) in [5.74, 6) is 0.869. The normalized spacial score (nSPS) is 10.0. The molecule has 0 aliphatic carbocycles. The molecule has 110 valence electrons. The number of amides is 1. The van der Waals surface area contributed by atoms with Crippen molar-refractivity contribution in [1.82, 2.24) is 0 Å². The molecule has 0 atom stereocenters. The number of rotatable bonds is 4. The highest BCUT2D eigenvalue weighted by atomic mass is 16.5. The number of ether oxygens (including phenoxy) is 2. The summed E-state index contributed by atoms with van der Waals surface area (Å²) in [4.78, 5) is 12.4. The van der Waals surface area contributed by atoms with E-state index in [0.29, 0.717) is 28.4 Å². The molecule has 21 heavy (non-hydrogen) atoms. The molecule has 0 heterocycles. The number of nitrogens with one attached hydrogen (secondary N) is 1. The average Bonchev–Trinajstić information content (AvgIpc) is 2.50. The third-order valence-electron chi connectivity index (χ3n) is 3.12. The molecule has 2 rings (SSSR count).